The summed E-state index contributed by atoms with van der Waals surface area (Å²) in [5.74, 6) is -2.63. The third-order valence-electron chi connectivity index (χ3n) is 5.81. The van der Waals surface area contributed by atoms with Crippen LogP contribution in [0.5, 0.6) is 11.8 Å². The quantitative estimate of drug-likeness (QED) is 0.313. The van der Waals surface area contributed by atoms with Crippen molar-refractivity contribution in [1.82, 2.24) is 19.9 Å². The zero-order valence-electron chi connectivity index (χ0n) is 21.2. The maximum Gasteiger partial charge on any atom is 0.402 e. The van der Waals surface area contributed by atoms with E-state index in [4.69, 9.17) is 9.47 Å². The molecule has 0 saturated carbocycles. The van der Waals surface area contributed by atoms with Gasteiger partial charge >= 0.3 is 12.4 Å². The van der Waals surface area contributed by atoms with Crippen LogP contribution in [-0.4, -0.2) is 67.9 Å². The number of hydrogen-bond donors (Lipinski definition) is 1. The molecule has 4 rings (SSSR count). The summed E-state index contributed by atoms with van der Waals surface area (Å²) in [6, 6.07) is 6.83. The standard InChI is InChI=1S/C25H24F7N5O3S/c26-19-1-2-21(40-18-5-9-37(10-6-18)14-24(27,28)29)35-22(19)17-11-20(36-41(38)15-25(30,31)32)23(34-12-17)39-13-16-3-7-33-8-4-16/h1-4,7-8,11-12,18,36H,5-6,9-10,13-15H2. The van der Waals surface area contributed by atoms with Crippen molar-refractivity contribution < 1.29 is 44.4 Å². The van der Waals surface area contributed by atoms with Crippen LogP contribution in [0.1, 0.15) is 18.4 Å². The van der Waals surface area contributed by atoms with Gasteiger partial charge in [-0.3, -0.25) is 14.6 Å². The van der Waals surface area contributed by atoms with E-state index in [0.29, 0.717) is 18.4 Å². The Kier molecular flexibility index (Phi) is 9.63. The summed E-state index contributed by atoms with van der Waals surface area (Å²) in [7, 11) is -2.61. The van der Waals surface area contributed by atoms with E-state index in [1.165, 1.54) is 35.6 Å². The number of anilines is 1. The monoisotopic (exact) mass is 607 g/mol. The molecule has 8 nitrogen and oxygen atoms in total. The van der Waals surface area contributed by atoms with Gasteiger partial charge in [0.15, 0.2) is 0 Å². The van der Waals surface area contributed by atoms with Crippen molar-refractivity contribution in [2.75, 3.05) is 30.1 Å². The van der Waals surface area contributed by atoms with Gasteiger partial charge in [-0.1, -0.05) is 0 Å². The summed E-state index contributed by atoms with van der Waals surface area (Å²) in [5.41, 5.74) is 0.254. The normalized spacial score (nSPS) is 15.9. The topological polar surface area (TPSA) is 89.5 Å². The molecule has 0 radical (unpaired) electrons. The lowest BCUT2D eigenvalue weighted by molar-refractivity contribution is -0.149. The Balaban J connectivity index is 1.52. The van der Waals surface area contributed by atoms with Crippen LogP contribution in [0.4, 0.5) is 36.4 Å². The molecule has 0 aliphatic carbocycles. The smallest absolute Gasteiger partial charge is 0.402 e. The molecule has 16 heteroatoms. The van der Waals surface area contributed by atoms with Crippen molar-refractivity contribution in [3.63, 3.8) is 0 Å². The summed E-state index contributed by atoms with van der Waals surface area (Å²) in [4.78, 5) is 13.4. The average Bonchev–Trinajstić information content (AvgIpc) is 2.89. The van der Waals surface area contributed by atoms with Crippen LogP contribution < -0.4 is 14.2 Å². The molecule has 4 heterocycles. The van der Waals surface area contributed by atoms with Gasteiger partial charge in [0.05, 0.1) is 6.54 Å². The van der Waals surface area contributed by atoms with Crippen molar-refractivity contribution >= 4 is 16.7 Å². The van der Waals surface area contributed by atoms with E-state index in [0.717, 1.165) is 6.07 Å². The molecule has 1 aliphatic heterocycles. The van der Waals surface area contributed by atoms with Gasteiger partial charge in [-0.05, 0) is 42.7 Å². The zero-order valence-corrected chi connectivity index (χ0v) is 22.0. The van der Waals surface area contributed by atoms with Crippen molar-refractivity contribution in [3.8, 4) is 23.0 Å². The van der Waals surface area contributed by atoms with E-state index in [9.17, 15) is 34.9 Å². The number of aromatic nitrogens is 3. The Labute approximate surface area is 232 Å². The largest absolute Gasteiger partial charge is 0.474 e. The molecule has 41 heavy (non-hydrogen) atoms. The number of likely N-dealkylation sites (tertiary alicyclic amines) is 1. The molecular formula is C25H24F7N5O3S. The van der Waals surface area contributed by atoms with Gasteiger partial charge in [0.25, 0.3) is 0 Å². The molecule has 1 aliphatic rings. The molecular weight excluding hydrogens is 583 g/mol. The molecule has 0 spiro atoms. The number of nitrogens with one attached hydrogen (secondary N) is 1. The molecule has 0 aromatic carbocycles. The van der Waals surface area contributed by atoms with Crippen LogP contribution in [0.25, 0.3) is 11.3 Å². The SMILES string of the molecule is O=S(CC(F)(F)F)Nc1cc(-c2nc(OC3CCN(CC(F)(F)F)CC3)ccc2F)cnc1OCc1ccncc1. The predicted octanol–water partition coefficient (Wildman–Crippen LogP) is 5.30. The van der Waals surface area contributed by atoms with Crippen LogP contribution in [0, 0.1) is 5.82 Å². The number of pyridine rings is 3. The molecule has 1 saturated heterocycles. The summed E-state index contributed by atoms with van der Waals surface area (Å²) in [6.07, 6.45) is -4.65. The maximum absolute atomic E-state index is 14.8. The number of alkyl halides is 6. The van der Waals surface area contributed by atoms with Gasteiger partial charge in [0, 0.05) is 43.3 Å². The highest BCUT2D eigenvalue weighted by atomic mass is 32.2. The van der Waals surface area contributed by atoms with Crippen LogP contribution >= 0.6 is 0 Å². The van der Waals surface area contributed by atoms with Crippen molar-refractivity contribution in [2.45, 2.75) is 37.9 Å². The van der Waals surface area contributed by atoms with Gasteiger partial charge in [0.2, 0.25) is 11.8 Å². The number of piperidine rings is 1. The first-order valence-corrected chi connectivity index (χ1v) is 13.5. The number of nitrogens with zero attached hydrogens (tertiary/aromatic N) is 4. The Bertz CT molecular complexity index is 1340. The highest BCUT2D eigenvalue weighted by Gasteiger charge is 2.33. The molecule has 1 N–H and O–H groups in total. The Morgan fingerprint density at radius 3 is 2.39 bits per heavy atom. The second-order valence-corrected chi connectivity index (χ2v) is 10.3. The van der Waals surface area contributed by atoms with Crippen molar-refractivity contribution in [1.29, 1.82) is 0 Å². The Hall–Kier alpha value is -3.53. The van der Waals surface area contributed by atoms with Gasteiger partial charge in [0.1, 0.15) is 46.6 Å². The predicted molar refractivity (Wildman–Crippen MR) is 135 cm³/mol. The van der Waals surface area contributed by atoms with Crippen LogP contribution in [-0.2, 0) is 17.6 Å². The number of ether oxygens (including phenoxy) is 2. The first-order chi connectivity index (χ1) is 19.3. The van der Waals surface area contributed by atoms with Crippen molar-refractivity contribution in [2.24, 2.45) is 0 Å². The minimum atomic E-state index is -4.72. The van der Waals surface area contributed by atoms with Gasteiger partial charge in [-0.25, -0.2) is 18.6 Å². The average molecular weight is 608 g/mol. The van der Waals surface area contributed by atoms with E-state index in [1.54, 1.807) is 12.1 Å². The summed E-state index contributed by atoms with van der Waals surface area (Å²) in [5, 5.41) is 0. The Morgan fingerprint density at radius 2 is 1.73 bits per heavy atom. The fraction of sp³-hybridized carbons (Fsp3) is 0.400. The van der Waals surface area contributed by atoms with E-state index in [1.807, 2.05) is 0 Å². The molecule has 1 fully saturated rings. The van der Waals surface area contributed by atoms with E-state index in [-0.39, 0.29) is 48.4 Å². The van der Waals surface area contributed by atoms with E-state index >= 15 is 0 Å². The van der Waals surface area contributed by atoms with E-state index in [2.05, 4.69) is 19.7 Å². The zero-order chi connectivity index (χ0) is 29.6. The number of hydrogen-bond acceptors (Lipinski definition) is 7. The second-order valence-electron chi connectivity index (χ2n) is 9.12. The minimum Gasteiger partial charge on any atom is -0.474 e. The third-order valence-corrected chi connectivity index (χ3v) is 6.85. The van der Waals surface area contributed by atoms with Crippen LogP contribution in [0.3, 0.4) is 0 Å². The lowest BCUT2D eigenvalue weighted by atomic mass is 10.1. The molecule has 3 aromatic rings. The highest BCUT2D eigenvalue weighted by molar-refractivity contribution is 7.86. The lowest BCUT2D eigenvalue weighted by Gasteiger charge is -2.32. The van der Waals surface area contributed by atoms with Gasteiger partial charge in [-0.2, -0.15) is 26.3 Å². The summed E-state index contributed by atoms with van der Waals surface area (Å²) in [6.45, 7) is -0.731. The minimum absolute atomic E-state index is 0.00356. The van der Waals surface area contributed by atoms with Gasteiger partial charge in [-0.15, -0.1) is 0 Å². The first kappa shape index (κ1) is 30.4. The second kappa shape index (κ2) is 13.0. The molecule has 222 valence electrons. The fourth-order valence-electron chi connectivity index (χ4n) is 4.01. The number of halogens is 7. The maximum atomic E-state index is 14.8. The fourth-order valence-corrected chi connectivity index (χ4v) is 4.77. The van der Waals surface area contributed by atoms with Gasteiger partial charge < -0.3 is 9.47 Å². The molecule has 0 bridgehead atoms. The Morgan fingerprint density at radius 1 is 1.02 bits per heavy atom. The van der Waals surface area contributed by atoms with Crippen LogP contribution in [0.2, 0.25) is 0 Å². The summed E-state index contributed by atoms with van der Waals surface area (Å²) >= 11 is 0. The third kappa shape index (κ3) is 9.52. The summed E-state index contributed by atoms with van der Waals surface area (Å²) < 4.78 is 117. The number of rotatable bonds is 10. The van der Waals surface area contributed by atoms with Crippen LogP contribution in [0.15, 0.2) is 48.9 Å². The lowest BCUT2D eigenvalue weighted by Crippen LogP contribution is -2.42. The molecule has 0 amide bonds. The first-order valence-electron chi connectivity index (χ1n) is 12.2. The van der Waals surface area contributed by atoms with E-state index < -0.39 is 47.6 Å². The molecule has 3 aromatic heterocycles. The molecule has 1 atom stereocenters. The van der Waals surface area contributed by atoms with Crippen molar-refractivity contribution in [3.05, 3.63) is 60.3 Å². The molecule has 1 unspecified atom stereocenters. The highest BCUT2D eigenvalue weighted by Crippen LogP contribution is 2.32.